The molecule has 0 spiro atoms. The largest absolute Gasteiger partial charge is 0.352 e. The third-order valence-corrected chi connectivity index (χ3v) is 3.55. The summed E-state index contributed by atoms with van der Waals surface area (Å²) < 4.78 is 0. The molecule has 1 rings (SSSR count). The average Bonchev–Trinajstić information content (AvgIpc) is 2.37. The molecule has 0 saturated heterocycles. The van der Waals surface area contributed by atoms with E-state index in [4.69, 9.17) is 0 Å². The molecular weight excluding hydrogens is 170 g/mol. The van der Waals surface area contributed by atoms with Gasteiger partial charge in [-0.25, -0.2) is 0 Å². The maximum Gasteiger partial charge on any atom is 0.217 e. The maximum atomic E-state index is 10.8. The van der Waals surface area contributed by atoms with Crippen molar-refractivity contribution < 1.29 is 4.79 Å². The standard InChI is InChI=1S/C9H17NOS/c1-3-12-9-6-4-5-8(9)10-7(2)11/h8-9H,3-6H2,1-2H3,(H,10,11). The Morgan fingerprint density at radius 2 is 2.33 bits per heavy atom. The zero-order chi connectivity index (χ0) is 8.97. The number of hydrogen-bond acceptors (Lipinski definition) is 2. The van der Waals surface area contributed by atoms with Gasteiger partial charge in [0.05, 0.1) is 0 Å². The molecule has 1 N–H and O–H groups in total. The number of nitrogens with one attached hydrogen (secondary N) is 1. The van der Waals surface area contributed by atoms with Crippen molar-refractivity contribution in [2.45, 2.75) is 44.4 Å². The van der Waals surface area contributed by atoms with Crippen molar-refractivity contribution >= 4 is 17.7 Å². The summed E-state index contributed by atoms with van der Waals surface area (Å²) >= 11 is 1.97. The number of carbonyl (C=O) groups is 1. The molecule has 1 aliphatic carbocycles. The molecule has 0 aromatic heterocycles. The molecule has 2 unspecified atom stereocenters. The first-order chi connectivity index (χ1) is 5.74. The molecule has 1 amide bonds. The Morgan fingerprint density at radius 3 is 2.92 bits per heavy atom. The summed E-state index contributed by atoms with van der Waals surface area (Å²) in [5.41, 5.74) is 0. The van der Waals surface area contributed by atoms with Gasteiger partial charge >= 0.3 is 0 Å². The lowest BCUT2D eigenvalue weighted by Crippen LogP contribution is -2.37. The minimum Gasteiger partial charge on any atom is -0.352 e. The monoisotopic (exact) mass is 187 g/mol. The summed E-state index contributed by atoms with van der Waals surface area (Å²) in [6, 6.07) is 0.437. The SMILES string of the molecule is CCSC1CCCC1NC(C)=O. The van der Waals surface area contributed by atoms with Gasteiger partial charge in [0.25, 0.3) is 0 Å². The topological polar surface area (TPSA) is 29.1 Å². The van der Waals surface area contributed by atoms with Crippen molar-refractivity contribution in [1.29, 1.82) is 0 Å². The second-order valence-corrected chi connectivity index (χ2v) is 4.75. The van der Waals surface area contributed by atoms with Crippen molar-refractivity contribution in [3.05, 3.63) is 0 Å². The lowest BCUT2D eigenvalue weighted by atomic mass is 10.2. The lowest BCUT2D eigenvalue weighted by molar-refractivity contribution is -0.119. The molecule has 3 heteroatoms. The van der Waals surface area contributed by atoms with E-state index in [0.29, 0.717) is 11.3 Å². The Balaban J connectivity index is 2.35. The maximum absolute atomic E-state index is 10.8. The van der Waals surface area contributed by atoms with Crippen LogP contribution in [0.25, 0.3) is 0 Å². The van der Waals surface area contributed by atoms with Gasteiger partial charge < -0.3 is 5.32 Å². The minimum absolute atomic E-state index is 0.114. The van der Waals surface area contributed by atoms with Gasteiger partial charge in [-0.05, 0) is 18.6 Å². The quantitative estimate of drug-likeness (QED) is 0.730. The summed E-state index contributed by atoms with van der Waals surface area (Å²) in [5, 5.41) is 3.68. The highest BCUT2D eigenvalue weighted by Crippen LogP contribution is 2.29. The normalized spacial score (nSPS) is 28.8. The van der Waals surface area contributed by atoms with Crippen molar-refractivity contribution in [3.63, 3.8) is 0 Å². The molecule has 0 radical (unpaired) electrons. The van der Waals surface area contributed by atoms with Gasteiger partial charge in [0, 0.05) is 18.2 Å². The van der Waals surface area contributed by atoms with Crippen LogP contribution in [0.15, 0.2) is 0 Å². The van der Waals surface area contributed by atoms with Crippen LogP contribution >= 0.6 is 11.8 Å². The number of hydrogen-bond donors (Lipinski definition) is 1. The van der Waals surface area contributed by atoms with Crippen LogP contribution < -0.4 is 5.32 Å². The minimum atomic E-state index is 0.114. The Hall–Kier alpha value is -0.180. The predicted molar refractivity (Wildman–Crippen MR) is 53.4 cm³/mol. The summed E-state index contributed by atoms with van der Waals surface area (Å²) in [6.07, 6.45) is 3.70. The fourth-order valence-corrected chi connectivity index (χ4v) is 2.96. The Bertz CT molecular complexity index is 161. The van der Waals surface area contributed by atoms with Gasteiger partial charge in [-0.1, -0.05) is 13.3 Å². The third kappa shape index (κ3) is 2.70. The predicted octanol–water partition coefficient (Wildman–Crippen LogP) is 1.80. The Morgan fingerprint density at radius 1 is 1.58 bits per heavy atom. The molecule has 0 bridgehead atoms. The third-order valence-electron chi connectivity index (χ3n) is 2.22. The molecule has 0 aromatic carbocycles. The van der Waals surface area contributed by atoms with E-state index < -0.39 is 0 Å². The van der Waals surface area contributed by atoms with Gasteiger partial charge in [0.2, 0.25) is 5.91 Å². The second-order valence-electron chi connectivity index (χ2n) is 3.23. The lowest BCUT2D eigenvalue weighted by Gasteiger charge is -2.18. The first-order valence-corrected chi connectivity index (χ1v) is 5.67. The second kappa shape index (κ2) is 4.75. The molecule has 1 fully saturated rings. The molecule has 70 valence electrons. The molecule has 2 nitrogen and oxygen atoms in total. The van der Waals surface area contributed by atoms with Crippen molar-refractivity contribution in [2.24, 2.45) is 0 Å². The summed E-state index contributed by atoms with van der Waals surface area (Å²) in [5.74, 6) is 1.27. The van der Waals surface area contributed by atoms with E-state index in [1.165, 1.54) is 12.8 Å². The Labute approximate surface area is 78.5 Å². The molecule has 2 atom stereocenters. The van der Waals surface area contributed by atoms with Crippen LogP contribution in [0.4, 0.5) is 0 Å². The highest BCUT2D eigenvalue weighted by atomic mass is 32.2. The van der Waals surface area contributed by atoms with Gasteiger partial charge in [-0.15, -0.1) is 0 Å². The molecular formula is C9H17NOS. The van der Waals surface area contributed by atoms with E-state index in [2.05, 4.69) is 12.2 Å². The molecule has 1 saturated carbocycles. The van der Waals surface area contributed by atoms with E-state index >= 15 is 0 Å². The van der Waals surface area contributed by atoms with E-state index in [1.54, 1.807) is 6.92 Å². The number of rotatable bonds is 3. The van der Waals surface area contributed by atoms with Crippen LogP contribution in [0, 0.1) is 0 Å². The van der Waals surface area contributed by atoms with E-state index in [-0.39, 0.29) is 5.91 Å². The Kier molecular flexibility index (Phi) is 3.92. The van der Waals surface area contributed by atoms with Gasteiger partial charge in [-0.3, -0.25) is 4.79 Å². The highest BCUT2D eigenvalue weighted by molar-refractivity contribution is 7.99. The van der Waals surface area contributed by atoms with Gasteiger partial charge in [0.15, 0.2) is 0 Å². The molecule has 0 aliphatic heterocycles. The zero-order valence-electron chi connectivity index (χ0n) is 7.80. The smallest absolute Gasteiger partial charge is 0.217 e. The van der Waals surface area contributed by atoms with Crippen LogP contribution in [0.3, 0.4) is 0 Å². The number of amides is 1. The summed E-state index contributed by atoms with van der Waals surface area (Å²) in [7, 11) is 0. The first-order valence-electron chi connectivity index (χ1n) is 4.62. The molecule has 0 aromatic rings. The first kappa shape index (κ1) is 9.90. The van der Waals surface area contributed by atoms with E-state index in [0.717, 1.165) is 12.2 Å². The summed E-state index contributed by atoms with van der Waals surface area (Å²) in [4.78, 5) is 10.8. The van der Waals surface area contributed by atoms with Crippen LogP contribution in [0.5, 0.6) is 0 Å². The van der Waals surface area contributed by atoms with Crippen LogP contribution in [-0.4, -0.2) is 23.0 Å². The van der Waals surface area contributed by atoms with Crippen molar-refractivity contribution in [2.75, 3.05) is 5.75 Å². The van der Waals surface area contributed by atoms with Gasteiger partial charge in [-0.2, -0.15) is 11.8 Å². The number of carbonyl (C=O) groups excluding carboxylic acids is 1. The highest BCUT2D eigenvalue weighted by Gasteiger charge is 2.27. The van der Waals surface area contributed by atoms with Gasteiger partial charge in [0.1, 0.15) is 0 Å². The zero-order valence-corrected chi connectivity index (χ0v) is 8.62. The summed E-state index contributed by atoms with van der Waals surface area (Å²) in [6.45, 7) is 3.78. The molecule has 12 heavy (non-hydrogen) atoms. The van der Waals surface area contributed by atoms with Crippen molar-refractivity contribution in [1.82, 2.24) is 5.32 Å². The number of thioether (sulfide) groups is 1. The van der Waals surface area contributed by atoms with E-state index in [1.807, 2.05) is 11.8 Å². The van der Waals surface area contributed by atoms with Crippen LogP contribution in [0.2, 0.25) is 0 Å². The van der Waals surface area contributed by atoms with E-state index in [9.17, 15) is 4.79 Å². The fraction of sp³-hybridized carbons (Fsp3) is 0.889. The molecule has 1 aliphatic rings. The van der Waals surface area contributed by atoms with Crippen molar-refractivity contribution in [3.8, 4) is 0 Å². The molecule has 0 heterocycles. The van der Waals surface area contributed by atoms with Crippen LogP contribution in [0.1, 0.15) is 33.1 Å². The average molecular weight is 187 g/mol. The fourth-order valence-electron chi connectivity index (χ4n) is 1.77. The van der Waals surface area contributed by atoms with Crippen LogP contribution in [-0.2, 0) is 4.79 Å².